The highest BCUT2D eigenvalue weighted by Crippen LogP contribution is 2.00. The van der Waals surface area contributed by atoms with Crippen LogP contribution >= 0.6 is 0 Å². The molecule has 2 N–H and O–H groups in total. The van der Waals surface area contributed by atoms with Gasteiger partial charge < -0.3 is 15.0 Å². The van der Waals surface area contributed by atoms with E-state index in [0.29, 0.717) is 0 Å². The fourth-order valence-electron chi connectivity index (χ4n) is 1.22. The van der Waals surface area contributed by atoms with Gasteiger partial charge in [-0.3, -0.25) is 0 Å². The molecule has 13 heavy (non-hydrogen) atoms. The van der Waals surface area contributed by atoms with E-state index in [4.69, 9.17) is 10.5 Å². The molecule has 0 aliphatic carbocycles. The largest absolute Gasteiger partial charge is 0.383 e. The number of aromatic nitrogens is 2. The van der Waals surface area contributed by atoms with Crippen molar-refractivity contribution in [2.45, 2.75) is 19.4 Å². The van der Waals surface area contributed by atoms with Gasteiger partial charge in [0.25, 0.3) is 0 Å². The van der Waals surface area contributed by atoms with Crippen LogP contribution in [0.4, 0.5) is 0 Å². The number of imidazole rings is 1. The van der Waals surface area contributed by atoms with Gasteiger partial charge in [0.2, 0.25) is 0 Å². The summed E-state index contributed by atoms with van der Waals surface area (Å²) >= 11 is 0. The monoisotopic (exact) mass is 183 g/mol. The first-order chi connectivity index (χ1) is 6.38. The Labute approximate surface area is 78.7 Å². The van der Waals surface area contributed by atoms with Crippen molar-refractivity contribution in [2.75, 3.05) is 20.3 Å². The average molecular weight is 183 g/mol. The maximum Gasteiger partial charge on any atom is 0.108 e. The van der Waals surface area contributed by atoms with E-state index >= 15 is 0 Å². The third kappa shape index (κ3) is 3.16. The second kappa shape index (κ2) is 5.72. The Morgan fingerprint density at radius 2 is 2.46 bits per heavy atom. The molecule has 0 amide bonds. The summed E-state index contributed by atoms with van der Waals surface area (Å²) in [4.78, 5) is 4.26. The molecule has 0 unspecified atom stereocenters. The first kappa shape index (κ1) is 10.2. The summed E-state index contributed by atoms with van der Waals surface area (Å²) in [6.07, 6.45) is 5.74. The van der Waals surface area contributed by atoms with Crippen molar-refractivity contribution in [1.82, 2.24) is 9.55 Å². The van der Waals surface area contributed by atoms with Crippen molar-refractivity contribution < 1.29 is 4.74 Å². The number of aryl methyl sites for hydroxylation is 1. The Bertz CT molecular complexity index is 212. The van der Waals surface area contributed by atoms with Crippen molar-refractivity contribution in [3.63, 3.8) is 0 Å². The molecule has 0 radical (unpaired) electrons. The van der Waals surface area contributed by atoms with E-state index in [1.54, 1.807) is 7.11 Å². The van der Waals surface area contributed by atoms with Gasteiger partial charge in [0.15, 0.2) is 0 Å². The Kier molecular flexibility index (Phi) is 4.49. The van der Waals surface area contributed by atoms with Gasteiger partial charge in [0, 0.05) is 32.5 Å². The van der Waals surface area contributed by atoms with Gasteiger partial charge in [-0.05, 0) is 13.0 Å². The van der Waals surface area contributed by atoms with Gasteiger partial charge in [-0.25, -0.2) is 4.98 Å². The Morgan fingerprint density at radius 3 is 3.15 bits per heavy atom. The number of ether oxygens (including phenoxy) is 1. The molecule has 0 aliphatic rings. The Balaban J connectivity index is 2.45. The minimum absolute atomic E-state index is 0.719. The SMILES string of the molecule is COCCn1ccnc1CCCN. The zero-order chi connectivity index (χ0) is 9.52. The summed E-state index contributed by atoms with van der Waals surface area (Å²) in [6, 6.07) is 0. The molecule has 74 valence electrons. The molecule has 0 aliphatic heterocycles. The highest BCUT2D eigenvalue weighted by Gasteiger charge is 2.00. The molecule has 0 saturated heterocycles. The van der Waals surface area contributed by atoms with Crippen molar-refractivity contribution >= 4 is 0 Å². The second-order valence-corrected chi connectivity index (χ2v) is 2.92. The number of nitrogens with two attached hydrogens (primary N) is 1. The maximum atomic E-state index is 5.43. The van der Waals surface area contributed by atoms with E-state index in [0.717, 1.165) is 38.4 Å². The second-order valence-electron chi connectivity index (χ2n) is 2.92. The molecule has 0 saturated carbocycles. The minimum atomic E-state index is 0.719. The molecule has 0 atom stereocenters. The molecule has 0 bridgehead atoms. The van der Waals surface area contributed by atoms with Gasteiger partial charge in [-0.1, -0.05) is 0 Å². The summed E-state index contributed by atoms with van der Waals surface area (Å²) in [6.45, 7) is 2.32. The van der Waals surface area contributed by atoms with Crippen LogP contribution in [0.3, 0.4) is 0 Å². The van der Waals surface area contributed by atoms with Crippen LogP contribution in [0.5, 0.6) is 0 Å². The lowest BCUT2D eigenvalue weighted by Crippen LogP contribution is -2.09. The molecule has 1 aromatic heterocycles. The Hall–Kier alpha value is -0.870. The first-order valence-corrected chi connectivity index (χ1v) is 4.57. The van der Waals surface area contributed by atoms with Crippen LogP contribution in [-0.4, -0.2) is 29.8 Å². The van der Waals surface area contributed by atoms with Crippen molar-refractivity contribution in [3.8, 4) is 0 Å². The molecule has 4 nitrogen and oxygen atoms in total. The molecule has 0 aromatic carbocycles. The molecular weight excluding hydrogens is 166 g/mol. The van der Waals surface area contributed by atoms with E-state index in [2.05, 4.69) is 9.55 Å². The first-order valence-electron chi connectivity index (χ1n) is 4.57. The number of hydrogen-bond acceptors (Lipinski definition) is 3. The predicted molar refractivity (Wildman–Crippen MR) is 51.5 cm³/mol. The van der Waals surface area contributed by atoms with E-state index in [1.165, 1.54) is 0 Å². The van der Waals surface area contributed by atoms with E-state index in [-0.39, 0.29) is 0 Å². The predicted octanol–water partition coefficient (Wildman–Crippen LogP) is 0.421. The normalized spacial score (nSPS) is 10.6. The number of rotatable bonds is 6. The fraction of sp³-hybridized carbons (Fsp3) is 0.667. The molecular formula is C9H17N3O. The van der Waals surface area contributed by atoms with Gasteiger partial charge in [0.05, 0.1) is 6.61 Å². The van der Waals surface area contributed by atoms with Crippen LogP contribution in [-0.2, 0) is 17.7 Å². The van der Waals surface area contributed by atoms with Crippen molar-refractivity contribution in [2.24, 2.45) is 5.73 Å². The molecule has 4 heteroatoms. The van der Waals surface area contributed by atoms with Gasteiger partial charge in [0.1, 0.15) is 5.82 Å². The van der Waals surface area contributed by atoms with Crippen LogP contribution in [0.2, 0.25) is 0 Å². The lowest BCUT2D eigenvalue weighted by Gasteiger charge is -2.05. The molecule has 1 aromatic rings. The van der Waals surface area contributed by atoms with Gasteiger partial charge >= 0.3 is 0 Å². The quantitative estimate of drug-likeness (QED) is 0.695. The third-order valence-corrected chi connectivity index (χ3v) is 1.94. The number of hydrogen-bond donors (Lipinski definition) is 1. The van der Waals surface area contributed by atoms with Crippen LogP contribution in [0.15, 0.2) is 12.4 Å². The molecule has 1 rings (SSSR count). The summed E-state index contributed by atoms with van der Waals surface area (Å²) in [7, 11) is 1.70. The topological polar surface area (TPSA) is 53.1 Å². The van der Waals surface area contributed by atoms with E-state index < -0.39 is 0 Å². The molecule has 0 spiro atoms. The van der Waals surface area contributed by atoms with Crippen molar-refractivity contribution in [1.29, 1.82) is 0 Å². The fourth-order valence-corrected chi connectivity index (χ4v) is 1.22. The summed E-state index contributed by atoms with van der Waals surface area (Å²) < 4.78 is 7.11. The zero-order valence-corrected chi connectivity index (χ0v) is 8.07. The maximum absolute atomic E-state index is 5.43. The summed E-state index contributed by atoms with van der Waals surface area (Å²) in [5.74, 6) is 1.10. The zero-order valence-electron chi connectivity index (χ0n) is 8.07. The standard InChI is InChI=1S/C9H17N3O/c1-13-8-7-12-6-5-11-9(12)3-2-4-10/h5-6H,2-4,7-8,10H2,1H3. The lowest BCUT2D eigenvalue weighted by atomic mass is 10.3. The molecule has 0 fully saturated rings. The summed E-state index contributed by atoms with van der Waals surface area (Å²) in [5.41, 5.74) is 5.43. The van der Waals surface area contributed by atoms with E-state index in [9.17, 15) is 0 Å². The lowest BCUT2D eigenvalue weighted by molar-refractivity contribution is 0.186. The van der Waals surface area contributed by atoms with Crippen LogP contribution in [0.1, 0.15) is 12.2 Å². The van der Waals surface area contributed by atoms with Crippen LogP contribution < -0.4 is 5.73 Å². The summed E-state index contributed by atoms with van der Waals surface area (Å²) in [5, 5.41) is 0. The molecule has 1 heterocycles. The third-order valence-electron chi connectivity index (χ3n) is 1.94. The average Bonchev–Trinajstić information content (AvgIpc) is 2.59. The van der Waals surface area contributed by atoms with Crippen LogP contribution in [0.25, 0.3) is 0 Å². The minimum Gasteiger partial charge on any atom is -0.383 e. The van der Waals surface area contributed by atoms with Gasteiger partial charge in [-0.2, -0.15) is 0 Å². The van der Waals surface area contributed by atoms with Crippen LogP contribution in [0, 0.1) is 0 Å². The van der Waals surface area contributed by atoms with Gasteiger partial charge in [-0.15, -0.1) is 0 Å². The van der Waals surface area contributed by atoms with Crippen molar-refractivity contribution in [3.05, 3.63) is 18.2 Å². The number of nitrogens with zero attached hydrogens (tertiary/aromatic N) is 2. The highest BCUT2D eigenvalue weighted by molar-refractivity contribution is 4.92. The van der Waals surface area contributed by atoms with E-state index in [1.807, 2.05) is 12.4 Å². The number of methoxy groups -OCH3 is 1. The highest BCUT2D eigenvalue weighted by atomic mass is 16.5. The smallest absolute Gasteiger partial charge is 0.108 e. The Morgan fingerprint density at radius 1 is 1.62 bits per heavy atom.